The van der Waals surface area contributed by atoms with Crippen LogP contribution in [0.15, 0.2) is 30.3 Å². The predicted molar refractivity (Wildman–Crippen MR) is 113 cm³/mol. The van der Waals surface area contributed by atoms with Gasteiger partial charge in [-0.05, 0) is 24.1 Å². The van der Waals surface area contributed by atoms with Gasteiger partial charge in [0.2, 0.25) is 0 Å². The average Bonchev–Trinajstić information content (AvgIpc) is 2.80. The van der Waals surface area contributed by atoms with E-state index in [0.29, 0.717) is 12.0 Å². The second kappa shape index (κ2) is 11.3. The molecule has 3 rings (SSSR count). The van der Waals surface area contributed by atoms with E-state index >= 15 is 0 Å². The van der Waals surface area contributed by atoms with Gasteiger partial charge in [-0.3, -0.25) is 0 Å². The van der Waals surface area contributed by atoms with Gasteiger partial charge < -0.3 is 45.2 Å². The van der Waals surface area contributed by atoms with E-state index in [-0.39, 0.29) is 13.0 Å². The maximum atomic E-state index is 10.1. The Bertz CT molecular complexity index is 813. The Morgan fingerprint density at radius 3 is 2.22 bits per heavy atom. The number of aliphatic hydroxyl groups excluding tert-OH is 7. The third-order valence-electron chi connectivity index (χ3n) is 5.69. The number of aliphatic hydroxyl groups is 7. The number of hydrogen-bond donors (Lipinski definition) is 7. The topological polar surface area (TPSA) is 160 Å². The molecule has 0 saturated carbocycles. The van der Waals surface area contributed by atoms with E-state index in [9.17, 15) is 35.7 Å². The Labute approximate surface area is 186 Å². The molecule has 32 heavy (non-hydrogen) atoms. The van der Waals surface area contributed by atoms with Crippen LogP contribution in [0.25, 0.3) is 6.08 Å². The van der Waals surface area contributed by atoms with Crippen LogP contribution in [0.3, 0.4) is 0 Å². The monoisotopic (exact) mass is 450 g/mol. The van der Waals surface area contributed by atoms with Gasteiger partial charge in [-0.1, -0.05) is 36.1 Å². The Balaban J connectivity index is 1.58. The fourth-order valence-corrected chi connectivity index (χ4v) is 3.74. The molecule has 7 unspecified atom stereocenters. The molecular formula is C23H30O9. The maximum Gasteiger partial charge on any atom is 0.147 e. The van der Waals surface area contributed by atoms with Gasteiger partial charge in [0.25, 0.3) is 0 Å². The number of benzene rings is 1. The molecule has 9 heteroatoms. The van der Waals surface area contributed by atoms with E-state index in [2.05, 4.69) is 11.8 Å². The first-order chi connectivity index (χ1) is 15.3. The molecule has 0 aromatic heterocycles. The van der Waals surface area contributed by atoms with Gasteiger partial charge >= 0.3 is 0 Å². The predicted octanol–water partition coefficient (Wildman–Crippen LogP) is -1.84. The van der Waals surface area contributed by atoms with E-state index in [4.69, 9.17) is 9.47 Å². The second-order valence-electron chi connectivity index (χ2n) is 8.05. The molecule has 176 valence electrons. The van der Waals surface area contributed by atoms with Crippen molar-refractivity contribution >= 4 is 6.08 Å². The van der Waals surface area contributed by atoms with Crippen molar-refractivity contribution in [1.82, 2.24) is 0 Å². The molecule has 0 bridgehead atoms. The standard InChI is InChI=1S/C23H30O9/c24-11-15-10-16(26)20(27)17(31-15)3-1-2-13-4-6-14(7-5-13)8-9-18-21(28)23(30)22(29)19(12-25)32-18/h1-2,4-7,15-30H,3,10-12H2/b2-1+/t15?,16?,17-,18?,19?,20?,21?,22-,23?/m1/s1. The average molecular weight is 450 g/mol. The number of ether oxygens (including phenoxy) is 2. The number of hydrogen-bond acceptors (Lipinski definition) is 9. The van der Waals surface area contributed by atoms with Crippen molar-refractivity contribution in [2.75, 3.05) is 13.2 Å². The third kappa shape index (κ3) is 5.94. The van der Waals surface area contributed by atoms with E-state index in [1.54, 1.807) is 12.1 Å². The summed E-state index contributed by atoms with van der Waals surface area (Å²) in [5.41, 5.74) is 1.51. The summed E-state index contributed by atoms with van der Waals surface area (Å²) in [5.74, 6) is 5.56. The molecule has 0 amide bonds. The van der Waals surface area contributed by atoms with Crippen molar-refractivity contribution in [2.24, 2.45) is 0 Å². The minimum Gasteiger partial charge on any atom is -0.394 e. The quantitative estimate of drug-likeness (QED) is 0.256. The molecule has 7 N–H and O–H groups in total. The molecule has 0 spiro atoms. The highest BCUT2D eigenvalue weighted by atomic mass is 16.5. The Morgan fingerprint density at radius 1 is 0.844 bits per heavy atom. The molecule has 0 aliphatic carbocycles. The summed E-state index contributed by atoms with van der Waals surface area (Å²) in [7, 11) is 0. The first kappa shape index (κ1) is 24.8. The first-order valence-corrected chi connectivity index (χ1v) is 10.5. The molecule has 2 heterocycles. The maximum absolute atomic E-state index is 10.1. The lowest BCUT2D eigenvalue weighted by atomic mass is 9.95. The summed E-state index contributed by atoms with van der Waals surface area (Å²) in [5, 5.41) is 68.0. The highest BCUT2D eigenvalue weighted by Gasteiger charge is 2.42. The molecular weight excluding hydrogens is 420 g/mol. The van der Waals surface area contributed by atoms with Crippen molar-refractivity contribution in [3.63, 3.8) is 0 Å². The normalized spacial score (nSPS) is 37.8. The second-order valence-corrected chi connectivity index (χ2v) is 8.05. The van der Waals surface area contributed by atoms with Crippen LogP contribution in [0.4, 0.5) is 0 Å². The van der Waals surface area contributed by atoms with Gasteiger partial charge in [0.1, 0.15) is 36.6 Å². The molecule has 1 aromatic carbocycles. The van der Waals surface area contributed by atoms with Gasteiger partial charge in [-0.15, -0.1) is 0 Å². The zero-order valence-corrected chi connectivity index (χ0v) is 17.4. The van der Waals surface area contributed by atoms with Crippen molar-refractivity contribution in [3.8, 4) is 11.8 Å². The van der Waals surface area contributed by atoms with E-state index in [1.807, 2.05) is 24.3 Å². The Hall–Kier alpha value is -1.84. The van der Waals surface area contributed by atoms with Crippen LogP contribution in [0.1, 0.15) is 24.0 Å². The van der Waals surface area contributed by atoms with Crippen LogP contribution in [0.5, 0.6) is 0 Å². The lowest BCUT2D eigenvalue weighted by Crippen LogP contribution is -2.58. The smallest absolute Gasteiger partial charge is 0.147 e. The first-order valence-electron chi connectivity index (χ1n) is 10.5. The van der Waals surface area contributed by atoms with Crippen LogP contribution in [-0.4, -0.2) is 104 Å². The van der Waals surface area contributed by atoms with E-state index in [0.717, 1.165) is 5.56 Å². The molecule has 2 aliphatic heterocycles. The Morgan fingerprint density at radius 2 is 1.56 bits per heavy atom. The van der Waals surface area contributed by atoms with Crippen LogP contribution in [0.2, 0.25) is 0 Å². The van der Waals surface area contributed by atoms with Gasteiger partial charge in [0, 0.05) is 12.0 Å². The fourth-order valence-electron chi connectivity index (χ4n) is 3.74. The van der Waals surface area contributed by atoms with E-state index < -0.39 is 61.5 Å². The SMILES string of the molecule is OCC1CC(O)C(O)[C@@H](C/C=C/c2ccc(C#CC3OC(CO)[C@@H](O)C(O)C3O)cc2)O1. The van der Waals surface area contributed by atoms with Gasteiger partial charge in [0.15, 0.2) is 0 Å². The van der Waals surface area contributed by atoms with E-state index in [1.165, 1.54) is 0 Å². The summed E-state index contributed by atoms with van der Waals surface area (Å²) in [4.78, 5) is 0. The van der Waals surface area contributed by atoms with Crippen molar-refractivity contribution in [2.45, 2.75) is 67.8 Å². The molecule has 9 nitrogen and oxygen atoms in total. The zero-order valence-electron chi connectivity index (χ0n) is 17.4. The lowest BCUT2D eigenvalue weighted by molar-refractivity contribution is -0.214. The lowest BCUT2D eigenvalue weighted by Gasteiger charge is -2.37. The van der Waals surface area contributed by atoms with Gasteiger partial charge in [0.05, 0.1) is 31.5 Å². The molecule has 9 atom stereocenters. The highest BCUT2D eigenvalue weighted by molar-refractivity contribution is 5.51. The molecule has 1 aromatic rings. The van der Waals surface area contributed by atoms with Crippen molar-refractivity contribution in [3.05, 3.63) is 41.5 Å². The molecule has 0 radical (unpaired) electrons. The van der Waals surface area contributed by atoms with Gasteiger partial charge in [-0.2, -0.15) is 0 Å². The van der Waals surface area contributed by atoms with Crippen LogP contribution >= 0.6 is 0 Å². The van der Waals surface area contributed by atoms with Crippen LogP contribution in [-0.2, 0) is 9.47 Å². The van der Waals surface area contributed by atoms with Crippen molar-refractivity contribution in [1.29, 1.82) is 0 Å². The number of rotatable bonds is 5. The minimum atomic E-state index is -1.46. The Kier molecular flexibility index (Phi) is 8.79. The molecule has 2 saturated heterocycles. The van der Waals surface area contributed by atoms with Crippen LogP contribution < -0.4 is 0 Å². The highest BCUT2D eigenvalue weighted by Crippen LogP contribution is 2.23. The molecule has 2 aliphatic rings. The largest absolute Gasteiger partial charge is 0.394 e. The minimum absolute atomic E-state index is 0.198. The van der Waals surface area contributed by atoms with Crippen molar-refractivity contribution < 1.29 is 45.2 Å². The van der Waals surface area contributed by atoms with Gasteiger partial charge in [-0.25, -0.2) is 0 Å². The summed E-state index contributed by atoms with van der Waals surface area (Å²) in [6.45, 7) is -0.720. The summed E-state index contributed by atoms with van der Waals surface area (Å²) >= 11 is 0. The summed E-state index contributed by atoms with van der Waals surface area (Å²) < 4.78 is 11.0. The fraction of sp³-hybridized carbons (Fsp3) is 0.565. The summed E-state index contributed by atoms with van der Waals surface area (Å²) in [6, 6.07) is 7.15. The third-order valence-corrected chi connectivity index (χ3v) is 5.69. The summed E-state index contributed by atoms with van der Waals surface area (Å²) in [6.07, 6.45) is -5.15. The zero-order chi connectivity index (χ0) is 23.3. The molecule has 2 fully saturated rings. The van der Waals surface area contributed by atoms with Crippen LogP contribution in [0, 0.1) is 11.8 Å².